The van der Waals surface area contributed by atoms with Crippen LogP contribution in [0.4, 0.5) is 4.39 Å². The molecule has 0 spiro atoms. The van der Waals surface area contributed by atoms with Gasteiger partial charge in [0.05, 0.1) is 12.7 Å². The number of carbonyl (C=O) groups excluding carboxylic acids is 3. The molecule has 6 nitrogen and oxygen atoms in total. The summed E-state index contributed by atoms with van der Waals surface area (Å²) in [7, 11) is 1.20. The summed E-state index contributed by atoms with van der Waals surface area (Å²) in [6.07, 6.45) is 0.207. The lowest BCUT2D eigenvalue weighted by Gasteiger charge is -2.16. The van der Waals surface area contributed by atoms with Crippen molar-refractivity contribution >= 4 is 29.4 Å². The lowest BCUT2D eigenvalue weighted by Crippen LogP contribution is -2.44. The number of rotatable bonds is 7. The molecule has 2 aromatic rings. The van der Waals surface area contributed by atoms with Gasteiger partial charge in [0.1, 0.15) is 11.9 Å². The van der Waals surface area contributed by atoms with E-state index in [0.29, 0.717) is 0 Å². The number of benzene rings is 2. The first kappa shape index (κ1) is 20.4. The summed E-state index contributed by atoms with van der Waals surface area (Å²) in [6, 6.07) is 11.5. The van der Waals surface area contributed by atoms with Crippen molar-refractivity contribution < 1.29 is 28.2 Å². The van der Waals surface area contributed by atoms with Crippen molar-refractivity contribution in [2.24, 2.45) is 0 Å². The first-order valence-electron chi connectivity index (χ1n) is 7.94. The Morgan fingerprint density at radius 1 is 1.15 bits per heavy atom. The minimum absolute atomic E-state index is 0.128. The molecule has 0 unspecified atom stereocenters. The summed E-state index contributed by atoms with van der Waals surface area (Å²) in [4.78, 5) is 35.8. The molecule has 27 heavy (non-hydrogen) atoms. The van der Waals surface area contributed by atoms with E-state index in [9.17, 15) is 18.8 Å². The zero-order valence-corrected chi connectivity index (χ0v) is 15.2. The molecule has 0 aromatic heterocycles. The van der Waals surface area contributed by atoms with Crippen LogP contribution < -0.4 is 5.32 Å². The third-order valence-electron chi connectivity index (χ3n) is 3.59. The van der Waals surface area contributed by atoms with Gasteiger partial charge < -0.3 is 14.8 Å². The third kappa shape index (κ3) is 6.07. The van der Waals surface area contributed by atoms with E-state index in [1.54, 1.807) is 24.3 Å². The number of ether oxygens (including phenoxy) is 2. The summed E-state index contributed by atoms with van der Waals surface area (Å²) >= 11 is 5.62. The van der Waals surface area contributed by atoms with Crippen LogP contribution in [-0.4, -0.2) is 37.6 Å². The SMILES string of the molecule is COC(=O)[C@@H](Cc1ccccc1)NC(=O)COC(=O)c1ccc(Cl)cc1F. The zero-order chi connectivity index (χ0) is 19.8. The highest BCUT2D eigenvalue weighted by Gasteiger charge is 2.23. The van der Waals surface area contributed by atoms with Crippen molar-refractivity contribution in [3.05, 3.63) is 70.5 Å². The van der Waals surface area contributed by atoms with Gasteiger partial charge in [0, 0.05) is 11.4 Å². The van der Waals surface area contributed by atoms with Crippen molar-refractivity contribution in [2.75, 3.05) is 13.7 Å². The Morgan fingerprint density at radius 2 is 1.85 bits per heavy atom. The maximum absolute atomic E-state index is 13.7. The Labute approximate surface area is 160 Å². The number of methoxy groups -OCH3 is 1. The van der Waals surface area contributed by atoms with Gasteiger partial charge in [-0.25, -0.2) is 14.0 Å². The molecule has 142 valence electrons. The number of halogens is 2. The van der Waals surface area contributed by atoms with Crippen LogP contribution in [0.3, 0.4) is 0 Å². The number of nitrogens with one attached hydrogen (secondary N) is 1. The number of hydrogen-bond donors (Lipinski definition) is 1. The molecule has 0 bridgehead atoms. The summed E-state index contributed by atoms with van der Waals surface area (Å²) in [5, 5.41) is 2.57. The number of esters is 2. The molecule has 0 aliphatic carbocycles. The van der Waals surface area contributed by atoms with E-state index < -0.39 is 36.3 Å². The first-order chi connectivity index (χ1) is 12.9. The highest BCUT2D eigenvalue weighted by molar-refractivity contribution is 6.30. The maximum atomic E-state index is 13.7. The van der Waals surface area contributed by atoms with E-state index in [2.05, 4.69) is 10.1 Å². The molecule has 1 atom stereocenters. The zero-order valence-electron chi connectivity index (χ0n) is 14.4. The minimum atomic E-state index is -1.02. The second-order valence-corrected chi connectivity index (χ2v) is 5.97. The Balaban J connectivity index is 1.94. The van der Waals surface area contributed by atoms with Gasteiger partial charge in [0.15, 0.2) is 6.61 Å². The van der Waals surface area contributed by atoms with E-state index in [-0.39, 0.29) is 17.0 Å². The van der Waals surface area contributed by atoms with Crippen LogP contribution in [0.2, 0.25) is 5.02 Å². The standard InChI is InChI=1S/C19H17ClFNO5/c1-26-19(25)16(9-12-5-3-2-4-6-12)22-17(23)11-27-18(24)14-8-7-13(20)10-15(14)21/h2-8,10,16H,9,11H2,1H3,(H,22,23)/t16-/m1/s1. The maximum Gasteiger partial charge on any atom is 0.341 e. The van der Waals surface area contributed by atoms with Gasteiger partial charge in [-0.15, -0.1) is 0 Å². The lowest BCUT2D eigenvalue weighted by atomic mass is 10.1. The average molecular weight is 394 g/mol. The quantitative estimate of drug-likeness (QED) is 0.731. The molecule has 0 saturated heterocycles. The molecule has 0 saturated carbocycles. The van der Waals surface area contributed by atoms with E-state index in [0.717, 1.165) is 17.7 Å². The van der Waals surface area contributed by atoms with Crippen LogP contribution in [0.5, 0.6) is 0 Å². The first-order valence-corrected chi connectivity index (χ1v) is 8.31. The molecule has 1 amide bonds. The third-order valence-corrected chi connectivity index (χ3v) is 3.82. The van der Waals surface area contributed by atoms with Gasteiger partial charge >= 0.3 is 11.9 Å². The van der Waals surface area contributed by atoms with Crippen LogP contribution in [-0.2, 0) is 25.5 Å². The fourth-order valence-corrected chi connectivity index (χ4v) is 2.44. The average Bonchev–Trinajstić information content (AvgIpc) is 2.65. The molecule has 2 aromatic carbocycles. The van der Waals surface area contributed by atoms with Crippen LogP contribution >= 0.6 is 11.6 Å². The van der Waals surface area contributed by atoms with Gasteiger partial charge in [0.25, 0.3) is 5.91 Å². The lowest BCUT2D eigenvalue weighted by molar-refractivity contribution is -0.145. The summed E-state index contributed by atoms with van der Waals surface area (Å²) in [5.41, 5.74) is 0.467. The number of amides is 1. The summed E-state index contributed by atoms with van der Waals surface area (Å²) < 4.78 is 23.2. The molecule has 0 heterocycles. The van der Waals surface area contributed by atoms with Gasteiger partial charge in [-0.1, -0.05) is 41.9 Å². The van der Waals surface area contributed by atoms with E-state index in [1.165, 1.54) is 13.2 Å². The highest BCUT2D eigenvalue weighted by Crippen LogP contribution is 2.15. The molecule has 2 rings (SSSR count). The molecule has 1 N–H and O–H groups in total. The van der Waals surface area contributed by atoms with Crippen LogP contribution in [0.1, 0.15) is 15.9 Å². The Morgan fingerprint density at radius 3 is 2.48 bits per heavy atom. The van der Waals surface area contributed by atoms with E-state index in [4.69, 9.17) is 16.3 Å². The fraction of sp³-hybridized carbons (Fsp3) is 0.211. The predicted molar refractivity (Wildman–Crippen MR) is 95.8 cm³/mol. The summed E-state index contributed by atoms with van der Waals surface area (Å²) in [5.74, 6) is -3.23. The van der Waals surface area contributed by atoms with Gasteiger partial charge in [-0.2, -0.15) is 0 Å². The molecule has 0 aliphatic rings. The van der Waals surface area contributed by atoms with Crippen molar-refractivity contribution in [3.8, 4) is 0 Å². The van der Waals surface area contributed by atoms with E-state index in [1.807, 2.05) is 6.07 Å². The fourth-order valence-electron chi connectivity index (χ4n) is 2.29. The van der Waals surface area contributed by atoms with E-state index >= 15 is 0 Å². The Kier molecular flexibility index (Phi) is 7.31. The van der Waals surface area contributed by atoms with Gasteiger partial charge in [-0.05, 0) is 23.8 Å². The van der Waals surface area contributed by atoms with Crippen LogP contribution in [0.15, 0.2) is 48.5 Å². The topological polar surface area (TPSA) is 81.7 Å². The molecule has 0 fully saturated rings. The largest absolute Gasteiger partial charge is 0.467 e. The van der Waals surface area contributed by atoms with Crippen LogP contribution in [0, 0.1) is 5.82 Å². The second-order valence-electron chi connectivity index (χ2n) is 5.53. The molecule has 0 aliphatic heterocycles. The Bertz CT molecular complexity index is 828. The van der Waals surface area contributed by atoms with Crippen molar-refractivity contribution in [2.45, 2.75) is 12.5 Å². The highest BCUT2D eigenvalue weighted by atomic mass is 35.5. The smallest absolute Gasteiger partial charge is 0.341 e. The normalized spacial score (nSPS) is 11.4. The molecular weight excluding hydrogens is 377 g/mol. The monoisotopic (exact) mass is 393 g/mol. The second kappa shape index (κ2) is 9.68. The van der Waals surface area contributed by atoms with Gasteiger partial charge in [0.2, 0.25) is 0 Å². The molecule has 0 radical (unpaired) electrons. The number of hydrogen-bond acceptors (Lipinski definition) is 5. The van der Waals surface area contributed by atoms with Crippen molar-refractivity contribution in [3.63, 3.8) is 0 Å². The number of carbonyl (C=O) groups is 3. The molecule has 8 heteroatoms. The summed E-state index contributed by atoms with van der Waals surface area (Å²) in [6.45, 7) is -0.677. The van der Waals surface area contributed by atoms with Crippen LogP contribution in [0.25, 0.3) is 0 Å². The van der Waals surface area contributed by atoms with Crippen molar-refractivity contribution in [1.29, 1.82) is 0 Å². The molecular formula is C19H17ClFNO5. The predicted octanol–water partition coefficient (Wildman–Crippen LogP) is 2.54. The minimum Gasteiger partial charge on any atom is -0.467 e. The van der Waals surface area contributed by atoms with Crippen molar-refractivity contribution in [1.82, 2.24) is 5.32 Å². The Hall–Kier alpha value is -2.93. The van der Waals surface area contributed by atoms with Gasteiger partial charge in [-0.3, -0.25) is 4.79 Å².